The first kappa shape index (κ1) is 24.6. The highest BCUT2D eigenvalue weighted by Gasteiger charge is 2.17. The first-order valence-electron chi connectivity index (χ1n) is 10.2. The first-order chi connectivity index (χ1) is 16.3. The van der Waals surface area contributed by atoms with Crippen molar-refractivity contribution in [3.05, 3.63) is 82.4 Å². The number of methoxy groups -OCH3 is 2. The van der Waals surface area contributed by atoms with Crippen LogP contribution in [0.25, 0.3) is 0 Å². The summed E-state index contributed by atoms with van der Waals surface area (Å²) in [5, 5.41) is 16.1. The molecule has 3 aromatic rings. The minimum absolute atomic E-state index is 0.162. The first-order valence-corrected chi connectivity index (χ1v) is 11.0. The summed E-state index contributed by atoms with van der Waals surface area (Å²) in [6.45, 7) is 1.77. The maximum Gasteiger partial charge on any atom is 0.270 e. The summed E-state index contributed by atoms with van der Waals surface area (Å²) in [5.41, 5.74) is 1.07. The standard InChI is InChI=1S/C24H23N3O6S/c1-15(23(28)26-18-11-20(32-2)14-21(12-18)33-3)34-22-9-5-7-17(13-22)25-24(29)16-6-4-8-19(10-16)27(30)31/h4-15H,1-3H3,(H,25,29)(H,26,28). The molecule has 2 amide bonds. The monoisotopic (exact) mass is 481 g/mol. The molecule has 0 aliphatic carbocycles. The van der Waals surface area contributed by atoms with Crippen LogP contribution in [0.15, 0.2) is 71.6 Å². The highest BCUT2D eigenvalue weighted by Crippen LogP contribution is 2.29. The van der Waals surface area contributed by atoms with E-state index in [0.29, 0.717) is 22.9 Å². The SMILES string of the molecule is COc1cc(NC(=O)C(C)Sc2cccc(NC(=O)c3cccc([N+](=O)[O-])c3)c2)cc(OC)c1. The Hall–Kier alpha value is -4.05. The lowest BCUT2D eigenvalue weighted by molar-refractivity contribution is -0.384. The number of amides is 2. The van der Waals surface area contributed by atoms with Crippen LogP contribution in [-0.2, 0) is 4.79 Å². The number of carbonyl (C=O) groups excluding carboxylic acids is 2. The summed E-state index contributed by atoms with van der Waals surface area (Å²) in [6, 6.07) is 17.6. The molecule has 9 nitrogen and oxygen atoms in total. The zero-order chi connectivity index (χ0) is 24.7. The Bertz CT molecular complexity index is 1190. The number of thioether (sulfide) groups is 1. The summed E-state index contributed by atoms with van der Waals surface area (Å²) in [5.74, 6) is 0.430. The Morgan fingerprint density at radius 3 is 2.24 bits per heavy atom. The molecule has 0 heterocycles. The van der Waals surface area contributed by atoms with Gasteiger partial charge in [-0.2, -0.15) is 0 Å². The van der Waals surface area contributed by atoms with Gasteiger partial charge in [-0.25, -0.2) is 0 Å². The van der Waals surface area contributed by atoms with Crippen molar-refractivity contribution in [2.24, 2.45) is 0 Å². The molecule has 10 heteroatoms. The van der Waals surface area contributed by atoms with Gasteiger partial charge in [-0.05, 0) is 31.2 Å². The van der Waals surface area contributed by atoms with E-state index >= 15 is 0 Å². The predicted molar refractivity (Wildman–Crippen MR) is 131 cm³/mol. The van der Waals surface area contributed by atoms with Crippen LogP contribution < -0.4 is 20.1 Å². The van der Waals surface area contributed by atoms with Crippen LogP contribution in [0.3, 0.4) is 0 Å². The lowest BCUT2D eigenvalue weighted by atomic mass is 10.2. The van der Waals surface area contributed by atoms with Crippen molar-refractivity contribution in [3.8, 4) is 11.5 Å². The molecule has 2 N–H and O–H groups in total. The molecule has 0 fully saturated rings. The van der Waals surface area contributed by atoms with Gasteiger partial charge in [-0.1, -0.05) is 12.1 Å². The van der Waals surface area contributed by atoms with E-state index in [1.165, 1.54) is 50.2 Å². The molecule has 3 aromatic carbocycles. The molecule has 0 radical (unpaired) electrons. The summed E-state index contributed by atoms with van der Waals surface area (Å²) in [6.07, 6.45) is 0. The maximum atomic E-state index is 12.7. The predicted octanol–water partition coefficient (Wildman–Crippen LogP) is 4.98. The number of nitrogens with one attached hydrogen (secondary N) is 2. The van der Waals surface area contributed by atoms with Crippen molar-refractivity contribution in [3.63, 3.8) is 0 Å². The van der Waals surface area contributed by atoms with Crippen LogP contribution >= 0.6 is 11.8 Å². The zero-order valence-electron chi connectivity index (χ0n) is 18.7. The molecule has 0 aromatic heterocycles. The lowest BCUT2D eigenvalue weighted by Crippen LogP contribution is -2.22. The van der Waals surface area contributed by atoms with Crippen LogP contribution in [0.2, 0.25) is 0 Å². The van der Waals surface area contributed by atoms with Crippen molar-refractivity contribution >= 4 is 40.6 Å². The van der Waals surface area contributed by atoms with Crippen LogP contribution in [0, 0.1) is 10.1 Å². The van der Waals surface area contributed by atoms with E-state index in [1.807, 2.05) is 6.07 Å². The fourth-order valence-electron chi connectivity index (χ4n) is 2.99. The number of hydrogen-bond donors (Lipinski definition) is 2. The van der Waals surface area contributed by atoms with Gasteiger partial charge in [0.15, 0.2) is 0 Å². The van der Waals surface area contributed by atoms with Crippen molar-refractivity contribution < 1.29 is 24.0 Å². The molecule has 0 bridgehead atoms. The second-order valence-electron chi connectivity index (χ2n) is 7.14. The lowest BCUT2D eigenvalue weighted by Gasteiger charge is -2.14. The number of non-ortho nitro benzene ring substituents is 1. The van der Waals surface area contributed by atoms with Gasteiger partial charge in [0, 0.05) is 52.2 Å². The number of hydrogen-bond acceptors (Lipinski definition) is 7. The van der Waals surface area contributed by atoms with Gasteiger partial charge in [0.1, 0.15) is 11.5 Å². The van der Waals surface area contributed by atoms with E-state index in [1.54, 1.807) is 43.3 Å². The maximum absolute atomic E-state index is 12.7. The second kappa shape index (κ2) is 11.2. The quantitative estimate of drug-likeness (QED) is 0.251. The minimum atomic E-state index is -0.553. The largest absolute Gasteiger partial charge is 0.497 e. The van der Waals surface area contributed by atoms with Crippen molar-refractivity contribution in [2.45, 2.75) is 17.1 Å². The molecule has 0 saturated carbocycles. The van der Waals surface area contributed by atoms with E-state index in [-0.39, 0.29) is 17.2 Å². The summed E-state index contributed by atoms with van der Waals surface area (Å²) in [4.78, 5) is 36.4. The smallest absolute Gasteiger partial charge is 0.270 e. The van der Waals surface area contributed by atoms with Crippen molar-refractivity contribution in [1.82, 2.24) is 0 Å². The molecule has 1 unspecified atom stereocenters. The molecule has 0 spiro atoms. The van der Waals surface area contributed by atoms with Gasteiger partial charge in [-0.3, -0.25) is 19.7 Å². The Labute approximate surface area is 200 Å². The second-order valence-corrected chi connectivity index (χ2v) is 8.55. The number of nitrogens with zero attached hydrogens (tertiary/aromatic N) is 1. The van der Waals surface area contributed by atoms with Crippen LogP contribution in [0.5, 0.6) is 11.5 Å². The van der Waals surface area contributed by atoms with Crippen molar-refractivity contribution in [2.75, 3.05) is 24.9 Å². The topological polar surface area (TPSA) is 120 Å². The normalized spacial score (nSPS) is 11.3. The molecule has 0 aliphatic heterocycles. The zero-order valence-corrected chi connectivity index (χ0v) is 19.5. The van der Waals surface area contributed by atoms with Crippen LogP contribution in [0.4, 0.5) is 17.1 Å². The van der Waals surface area contributed by atoms with E-state index in [4.69, 9.17) is 9.47 Å². The molecule has 34 heavy (non-hydrogen) atoms. The minimum Gasteiger partial charge on any atom is -0.497 e. The number of ether oxygens (including phenoxy) is 2. The summed E-state index contributed by atoms with van der Waals surface area (Å²) in [7, 11) is 3.06. The summed E-state index contributed by atoms with van der Waals surface area (Å²) < 4.78 is 10.5. The fourth-order valence-corrected chi connectivity index (χ4v) is 3.92. The number of nitro groups is 1. The van der Waals surface area contributed by atoms with Crippen molar-refractivity contribution in [1.29, 1.82) is 0 Å². The van der Waals surface area contributed by atoms with E-state index in [9.17, 15) is 19.7 Å². The van der Waals surface area contributed by atoms with Gasteiger partial charge < -0.3 is 20.1 Å². The van der Waals surface area contributed by atoms with E-state index in [0.717, 1.165) is 4.90 Å². The molecule has 0 saturated heterocycles. The molecular weight excluding hydrogens is 458 g/mol. The number of benzene rings is 3. The van der Waals surface area contributed by atoms with Crippen LogP contribution in [0.1, 0.15) is 17.3 Å². The van der Waals surface area contributed by atoms with Gasteiger partial charge in [-0.15, -0.1) is 11.8 Å². The third-order valence-corrected chi connectivity index (χ3v) is 5.81. The Balaban J connectivity index is 1.65. The Kier molecular flexibility index (Phi) is 8.10. The van der Waals surface area contributed by atoms with Gasteiger partial charge >= 0.3 is 0 Å². The number of carbonyl (C=O) groups is 2. The number of anilines is 2. The fraction of sp³-hybridized carbons (Fsp3) is 0.167. The Morgan fingerprint density at radius 2 is 1.59 bits per heavy atom. The number of nitro benzene ring substituents is 1. The molecule has 176 valence electrons. The third kappa shape index (κ3) is 6.48. The van der Waals surface area contributed by atoms with E-state index in [2.05, 4.69) is 10.6 Å². The highest BCUT2D eigenvalue weighted by atomic mass is 32.2. The molecule has 1 atom stereocenters. The Morgan fingerprint density at radius 1 is 0.912 bits per heavy atom. The molecular formula is C24H23N3O6S. The average molecular weight is 482 g/mol. The van der Waals surface area contributed by atoms with Gasteiger partial charge in [0.25, 0.3) is 11.6 Å². The molecule has 0 aliphatic rings. The van der Waals surface area contributed by atoms with E-state index < -0.39 is 16.1 Å². The van der Waals surface area contributed by atoms with Gasteiger partial charge in [0.2, 0.25) is 5.91 Å². The highest BCUT2D eigenvalue weighted by molar-refractivity contribution is 8.00. The van der Waals surface area contributed by atoms with Crippen LogP contribution in [-0.4, -0.2) is 36.2 Å². The average Bonchev–Trinajstić information content (AvgIpc) is 2.83. The molecule has 3 rings (SSSR count). The van der Waals surface area contributed by atoms with Gasteiger partial charge in [0.05, 0.1) is 24.4 Å². The summed E-state index contributed by atoms with van der Waals surface area (Å²) >= 11 is 1.32. The third-order valence-electron chi connectivity index (χ3n) is 4.71. The number of rotatable bonds is 9.